The van der Waals surface area contributed by atoms with E-state index in [1.54, 1.807) is 6.08 Å². The number of hydrogen-bond acceptors (Lipinski definition) is 2. The predicted molar refractivity (Wildman–Crippen MR) is 122 cm³/mol. The summed E-state index contributed by atoms with van der Waals surface area (Å²) in [5.41, 5.74) is 3.65. The number of nitrogens with zero attached hydrogens (tertiary/aromatic N) is 2. The number of likely N-dealkylation sites (tertiary alicyclic amines) is 1. The third kappa shape index (κ3) is 5.35. The van der Waals surface area contributed by atoms with Crippen molar-refractivity contribution in [1.82, 2.24) is 15.1 Å². The summed E-state index contributed by atoms with van der Waals surface area (Å²) >= 11 is 0. The van der Waals surface area contributed by atoms with E-state index in [0.29, 0.717) is 13.1 Å². The lowest BCUT2D eigenvalue weighted by molar-refractivity contribution is -0.126. The van der Waals surface area contributed by atoms with Crippen molar-refractivity contribution < 1.29 is 9.59 Å². The molecule has 1 N–H and O–H groups in total. The van der Waals surface area contributed by atoms with E-state index in [2.05, 4.69) is 36.5 Å². The molecule has 1 unspecified atom stereocenters. The molecule has 1 fully saturated rings. The van der Waals surface area contributed by atoms with Crippen LogP contribution in [0.4, 0.5) is 4.79 Å². The molecule has 0 spiro atoms. The van der Waals surface area contributed by atoms with Gasteiger partial charge >= 0.3 is 6.03 Å². The Balaban J connectivity index is 1.40. The molecule has 4 rings (SSSR count). The molecule has 1 saturated heterocycles. The van der Waals surface area contributed by atoms with Gasteiger partial charge in [-0.05, 0) is 49.3 Å². The summed E-state index contributed by atoms with van der Waals surface area (Å²) in [5.74, 6) is -0.00954. The number of fused-ring (bicyclic) bond motifs is 1. The number of carbonyl (C=O) groups is 2. The zero-order chi connectivity index (χ0) is 21.6. The van der Waals surface area contributed by atoms with Crippen LogP contribution in [-0.4, -0.2) is 40.4 Å². The number of hydrogen-bond donors (Lipinski definition) is 1. The molecule has 0 aromatic heterocycles. The Morgan fingerprint density at radius 2 is 1.74 bits per heavy atom. The highest BCUT2D eigenvalue weighted by Gasteiger charge is 2.26. The molecule has 0 radical (unpaired) electrons. The molecule has 5 nitrogen and oxygen atoms in total. The maximum Gasteiger partial charge on any atom is 0.318 e. The van der Waals surface area contributed by atoms with Gasteiger partial charge in [-0.3, -0.25) is 4.79 Å². The van der Waals surface area contributed by atoms with E-state index in [1.807, 2.05) is 46.2 Å². The number of carbonyl (C=O) groups excluding carboxylic acids is 2. The minimum absolute atomic E-state index is 0.00954. The van der Waals surface area contributed by atoms with Crippen LogP contribution >= 0.6 is 0 Å². The highest BCUT2D eigenvalue weighted by molar-refractivity contribution is 5.88. The van der Waals surface area contributed by atoms with E-state index >= 15 is 0 Å². The summed E-state index contributed by atoms with van der Waals surface area (Å²) in [6, 6.07) is 18.5. The Bertz CT molecular complexity index is 916. The average molecular weight is 418 g/mol. The maximum absolute atomic E-state index is 12.8. The number of urea groups is 1. The van der Waals surface area contributed by atoms with Gasteiger partial charge in [0, 0.05) is 37.8 Å². The molecule has 2 aromatic carbocycles. The molecule has 0 saturated carbocycles. The number of aryl methyl sites for hydroxylation is 1. The molecular weight excluding hydrogens is 386 g/mol. The van der Waals surface area contributed by atoms with Crippen LogP contribution in [0.1, 0.15) is 42.9 Å². The minimum atomic E-state index is -0.186. The van der Waals surface area contributed by atoms with Crippen LogP contribution in [0.15, 0.2) is 66.7 Å². The van der Waals surface area contributed by atoms with Crippen LogP contribution in [0.2, 0.25) is 0 Å². The first-order chi connectivity index (χ1) is 15.1. The smallest absolute Gasteiger partial charge is 0.318 e. The standard InChI is InChI=1S/C26H31N3O2/c1-20-8-7-17-29(20)26(31)27-24(14-13-21-9-3-2-4-10-21)15-16-25(30)28-18-22-11-5-6-12-23(22)19-28/h2-6,9-12,15-16,20,24H,7-8,13-14,17-19H2,1H3,(H,27,31)/t20-,24?/m1/s1. The van der Waals surface area contributed by atoms with Gasteiger partial charge in [0.15, 0.2) is 0 Å². The first-order valence-electron chi connectivity index (χ1n) is 11.2. The van der Waals surface area contributed by atoms with Crippen molar-refractivity contribution in [2.45, 2.75) is 57.8 Å². The van der Waals surface area contributed by atoms with Gasteiger partial charge < -0.3 is 15.1 Å². The van der Waals surface area contributed by atoms with E-state index in [4.69, 9.17) is 0 Å². The SMILES string of the molecule is C[C@@H]1CCCN1C(=O)NC(C=CC(=O)N1Cc2ccccc2C1)CCc1ccccc1. The van der Waals surface area contributed by atoms with Crippen LogP contribution in [0.3, 0.4) is 0 Å². The van der Waals surface area contributed by atoms with E-state index in [1.165, 1.54) is 16.7 Å². The van der Waals surface area contributed by atoms with E-state index in [-0.39, 0.29) is 24.0 Å². The highest BCUT2D eigenvalue weighted by Crippen LogP contribution is 2.22. The zero-order valence-corrected chi connectivity index (χ0v) is 18.2. The second-order valence-electron chi connectivity index (χ2n) is 8.59. The maximum atomic E-state index is 12.8. The van der Waals surface area contributed by atoms with E-state index in [9.17, 15) is 9.59 Å². The Morgan fingerprint density at radius 1 is 1.06 bits per heavy atom. The molecule has 2 heterocycles. The third-order valence-electron chi connectivity index (χ3n) is 6.33. The molecule has 3 amide bonds. The first-order valence-corrected chi connectivity index (χ1v) is 11.2. The lowest BCUT2D eigenvalue weighted by Crippen LogP contribution is -2.45. The first kappa shape index (κ1) is 21.2. The fourth-order valence-corrected chi connectivity index (χ4v) is 4.45. The molecule has 0 aliphatic carbocycles. The predicted octanol–water partition coefficient (Wildman–Crippen LogP) is 4.28. The fourth-order valence-electron chi connectivity index (χ4n) is 4.45. The van der Waals surface area contributed by atoms with Crippen molar-refractivity contribution in [3.8, 4) is 0 Å². The lowest BCUT2D eigenvalue weighted by Gasteiger charge is -2.25. The zero-order valence-electron chi connectivity index (χ0n) is 18.2. The second-order valence-corrected chi connectivity index (χ2v) is 8.59. The van der Waals surface area contributed by atoms with Gasteiger partial charge in [-0.1, -0.05) is 60.7 Å². The van der Waals surface area contributed by atoms with E-state index in [0.717, 1.165) is 32.2 Å². The Morgan fingerprint density at radius 3 is 2.39 bits per heavy atom. The van der Waals surface area contributed by atoms with Gasteiger partial charge in [0.2, 0.25) is 5.91 Å². The van der Waals surface area contributed by atoms with Crippen LogP contribution in [0.25, 0.3) is 0 Å². The average Bonchev–Trinajstić information content (AvgIpc) is 3.42. The van der Waals surface area contributed by atoms with Crippen molar-refractivity contribution in [2.75, 3.05) is 6.54 Å². The molecule has 2 atom stereocenters. The topological polar surface area (TPSA) is 52.7 Å². The van der Waals surface area contributed by atoms with Crippen molar-refractivity contribution >= 4 is 11.9 Å². The van der Waals surface area contributed by atoms with Gasteiger partial charge in [0.25, 0.3) is 0 Å². The molecule has 2 aliphatic rings. The minimum Gasteiger partial charge on any atom is -0.332 e. The summed E-state index contributed by atoms with van der Waals surface area (Å²) in [6.45, 7) is 4.18. The van der Waals surface area contributed by atoms with Crippen molar-refractivity contribution in [1.29, 1.82) is 0 Å². The quantitative estimate of drug-likeness (QED) is 0.714. The second kappa shape index (κ2) is 9.82. The number of rotatable bonds is 6. The molecule has 2 aromatic rings. The Kier molecular flexibility index (Phi) is 6.70. The van der Waals surface area contributed by atoms with Gasteiger partial charge in [-0.25, -0.2) is 4.79 Å². The summed E-state index contributed by atoms with van der Waals surface area (Å²) in [7, 11) is 0. The molecular formula is C26H31N3O2. The summed E-state index contributed by atoms with van der Waals surface area (Å²) < 4.78 is 0. The number of amides is 3. The highest BCUT2D eigenvalue weighted by atomic mass is 16.2. The van der Waals surface area contributed by atoms with Crippen molar-refractivity contribution in [3.63, 3.8) is 0 Å². The van der Waals surface area contributed by atoms with Gasteiger partial charge in [0.1, 0.15) is 0 Å². The summed E-state index contributed by atoms with van der Waals surface area (Å²) in [5, 5.41) is 3.15. The van der Waals surface area contributed by atoms with Crippen LogP contribution < -0.4 is 5.32 Å². The van der Waals surface area contributed by atoms with Gasteiger partial charge in [-0.15, -0.1) is 0 Å². The van der Waals surface area contributed by atoms with E-state index < -0.39 is 0 Å². The van der Waals surface area contributed by atoms with Crippen LogP contribution in [0.5, 0.6) is 0 Å². The van der Waals surface area contributed by atoms with Gasteiger partial charge in [-0.2, -0.15) is 0 Å². The van der Waals surface area contributed by atoms with Crippen molar-refractivity contribution in [2.24, 2.45) is 0 Å². The summed E-state index contributed by atoms with van der Waals surface area (Å²) in [6.07, 6.45) is 7.19. The number of nitrogens with one attached hydrogen (secondary N) is 1. The molecule has 162 valence electrons. The Labute approximate surface area is 184 Å². The van der Waals surface area contributed by atoms with Crippen LogP contribution in [0, 0.1) is 0 Å². The van der Waals surface area contributed by atoms with Crippen molar-refractivity contribution in [3.05, 3.63) is 83.4 Å². The molecule has 0 bridgehead atoms. The molecule has 5 heteroatoms. The fraction of sp³-hybridized carbons (Fsp3) is 0.385. The van der Waals surface area contributed by atoms with Gasteiger partial charge in [0.05, 0.1) is 0 Å². The summed E-state index contributed by atoms with van der Waals surface area (Å²) in [4.78, 5) is 29.4. The Hall–Kier alpha value is -3.08. The van der Waals surface area contributed by atoms with Crippen LogP contribution in [-0.2, 0) is 24.3 Å². The molecule has 2 aliphatic heterocycles. The third-order valence-corrected chi connectivity index (χ3v) is 6.33. The normalized spacial score (nSPS) is 18.9. The number of benzene rings is 2. The molecule has 31 heavy (non-hydrogen) atoms. The monoisotopic (exact) mass is 417 g/mol. The largest absolute Gasteiger partial charge is 0.332 e. The lowest BCUT2D eigenvalue weighted by atomic mass is 10.0.